The molecule has 104 valence electrons. The molecule has 0 spiro atoms. The van der Waals surface area contributed by atoms with Crippen molar-refractivity contribution >= 4 is 0 Å². The second kappa shape index (κ2) is 10.7. The van der Waals surface area contributed by atoms with Gasteiger partial charge in [0, 0.05) is 12.0 Å². The van der Waals surface area contributed by atoms with Gasteiger partial charge < -0.3 is 0 Å². The number of unbranched alkanes of at least 4 members (excludes halogenated alkanes) is 8. The first-order valence-corrected chi connectivity index (χ1v) is 7.88. The van der Waals surface area contributed by atoms with Crippen LogP contribution in [0.3, 0.4) is 0 Å². The van der Waals surface area contributed by atoms with E-state index >= 15 is 0 Å². The minimum Gasteiger partial charge on any atom is -0.0979 e. The standard InChI is InChI=1S/C19H28/c1-3-4-5-6-7-8-9-10-11-12-13-19-16-14-18(2)15-17-19/h14-17H,3-11H2,1-2H3. The predicted octanol–water partition coefficient (Wildman–Crippen LogP) is 5.88. The van der Waals surface area contributed by atoms with E-state index < -0.39 is 0 Å². The van der Waals surface area contributed by atoms with E-state index in [0.29, 0.717) is 0 Å². The average molecular weight is 256 g/mol. The van der Waals surface area contributed by atoms with Gasteiger partial charge in [0.2, 0.25) is 0 Å². The Hall–Kier alpha value is -1.22. The van der Waals surface area contributed by atoms with Gasteiger partial charge in [-0.25, -0.2) is 0 Å². The maximum absolute atomic E-state index is 3.28. The fourth-order valence-electron chi connectivity index (χ4n) is 2.15. The second-order valence-electron chi connectivity index (χ2n) is 5.39. The molecule has 1 aromatic rings. The Morgan fingerprint density at radius 2 is 1.37 bits per heavy atom. The summed E-state index contributed by atoms with van der Waals surface area (Å²) in [6.45, 7) is 4.38. The second-order valence-corrected chi connectivity index (χ2v) is 5.39. The highest BCUT2D eigenvalue weighted by Gasteiger charge is 1.90. The van der Waals surface area contributed by atoms with Crippen molar-refractivity contribution in [2.75, 3.05) is 0 Å². The van der Waals surface area contributed by atoms with Crippen molar-refractivity contribution in [2.45, 2.75) is 71.6 Å². The summed E-state index contributed by atoms with van der Waals surface area (Å²) in [5, 5.41) is 0. The highest BCUT2D eigenvalue weighted by Crippen LogP contribution is 2.09. The first-order valence-electron chi connectivity index (χ1n) is 7.88. The van der Waals surface area contributed by atoms with Crippen molar-refractivity contribution in [3.63, 3.8) is 0 Å². The van der Waals surface area contributed by atoms with Gasteiger partial charge in [-0.15, -0.1) is 0 Å². The minimum absolute atomic E-state index is 1.04. The molecule has 0 aliphatic rings. The van der Waals surface area contributed by atoms with E-state index in [9.17, 15) is 0 Å². The molecule has 0 saturated carbocycles. The molecule has 0 aliphatic heterocycles. The van der Waals surface area contributed by atoms with E-state index in [4.69, 9.17) is 0 Å². The van der Waals surface area contributed by atoms with Gasteiger partial charge in [-0.2, -0.15) is 0 Å². The van der Waals surface area contributed by atoms with Crippen molar-refractivity contribution in [1.82, 2.24) is 0 Å². The quantitative estimate of drug-likeness (QED) is 0.402. The van der Waals surface area contributed by atoms with Crippen LogP contribution in [0.15, 0.2) is 24.3 Å². The van der Waals surface area contributed by atoms with E-state index in [1.54, 1.807) is 0 Å². The molecule has 0 unspecified atom stereocenters. The number of aryl methyl sites for hydroxylation is 1. The van der Waals surface area contributed by atoms with Crippen molar-refractivity contribution in [2.24, 2.45) is 0 Å². The number of benzene rings is 1. The molecule has 1 rings (SSSR count). The van der Waals surface area contributed by atoms with Crippen LogP contribution in [-0.2, 0) is 0 Å². The van der Waals surface area contributed by atoms with Crippen LogP contribution in [0.2, 0.25) is 0 Å². The van der Waals surface area contributed by atoms with Crippen LogP contribution in [0.25, 0.3) is 0 Å². The Labute approximate surface area is 119 Å². The molecule has 0 saturated heterocycles. The van der Waals surface area contributed by atoms with Crippen LogP contribution in [0.1, 0.15) is 75.8 Å². The van der Waals surface area contributed by atoms with Gasteiger partial charge in [-0.1, -0.05) is 81.4 Å². The molecule has 0 fully saturated rings. The third-order valence-corrected chi connectivity index (χ3v) is 3.44. The van der Waals surface area contributed by atoms with Crippen molar-refractivity contribution < 1.29 is 0 Å². The summed E-state index contributed by atoms with van der Waals surface area (Å²) in [6.07, 6.45) is 12.0. The van der Waals surface area contributed by atoms with Crippen LogP contribution in [-0.4, -0.2) is 0 Å². The fraction of sp³-hybridized carbons (Fsp3) is 0.579. The Morgan fingerprint density at radius 1 is 0.789 bits per heavy atom. The molecule has 0 amide bonds. The molecule has 0 atom stereocenters. The normalized spacial score (nSPS) is 10.0. The lowest BCUT2D eigenvalue weighted by Gasteiger charge is -1.99. The number of hydrogen-bond acceptors (Lipinski definition) is 0. The molecule has 0 bridgehead atoms. The lowest BCUT2D eigenvalue weighted by atomic mass is 10.1. The van der Waals surface area contributed by atoms with Gasteiger partial charge in [-0.3, -0.25) is 0 Å². The van der Waals surface area contributed by atoms with Gasteiger partial charge in [0.25, 0.3) is 0 Å². The number of rotatable bonds is 8. The molecule has 0 aromatic heterocycles. The SMILES string of the molecule is CCCCCCCCCCC#Cc1ccc(C)cc1. The van der Waals surface area contributed by atoms with E-state index in [1.807, 2.05) is 0 Å². The smallest absolute Gasteiger partial charge is 0.0245 e. The predicted molar refractivity (Wildman–Crippen MR) is 85.3 cm³/mol. The zero-order chi connectivity index (χ0) is 13.8. The summed E-state index contributed by atoms with van der Waals surface area (Å²) in [7, 11) is 0. The van der Waals surface area contributed by atoms with Gasteiger partial charge in [-0.05, 0) is 25.5 Å². The molecule has 0 heterocycles. The summed E-state index contributed by atoms with van der Waals surface area (Å²) in [4.78, 5) is 0. The maximum Gasteiger partial charge on any atom is 0.0245 e. The number of hydrogen-bond donors (Lipinski definition) is 0. The first kappa shape index (κ1) is 15.8. The maximum atomic E-state index is 3.28. The van der Waals surface area contributed by atoms with Crippen LogP contribution in [0.4, 0.5) is 0 Å². The van der Waals surface area contributed by atoms with Crippen molar-refractivity contribution in [3.05, 3.63) is 35.4 Å². The molecule has 0 N–H and O–H groups in total. The zero-order valence-corrected chi connectivity index (χ0v) is 12.7. The Balaban J connectivity index is 2.00. The van der Waals surface area contributed by atoms with Crippen LogP contribution >= 0.6 is 0 Å². The van der Waals surface area contributed by atoms with Crippen molar-refractivity contribution in [3.8, 4) is 11.8 Å². The van der Waals surface area contributed by atoms with Crippen LogP contribution in [0, 0.1) is 18.8 Å². The summed E-state index contributed by atoms with van der Waals surface area (Å²) in [6, 6.07) is 8.47. The lowest BCUT2D eigenvalue weighted by molar-refractivity contribution is 0.579. The summed E-state index contributed by atoms with van der Waals surface area (Å²) >= 11 is 0. The third-order valence-electron chi connectivity index (χ3n) is 3.44. The van der Waals surface area contributed by atoms with E-state index in [1.165, 1.54) is 56.9 Å². The molecular weight excluding hydrogens is 228 g/mol. The average Bonchev–Trinajstić information content (AvgIpc) is 2.43. The van der Waals surface area contributed by atoms with Gasteiger partial charge in [0.15, 0.2) is 0 Å². The molecule has 0 radical (unpaired) electrons. The van der Waals surface area contributed by atoms with E-state index in [2.05, 4.69) is 50.0 Å². The molecule has 0 nitrogen and oxygen atoms in total. The zero-order valence-electron chi connectivity index (χ0n) is 12.7. The third kappa shape index (κ3) is 8.49. The van der Waals surface area contributed by atoms with Gasteiger partial charge in [0.05, 0.1) is 0 Å². The highest BCUT2D eigenvalue weighted by molar-refractivity contribution is 5.35. The molecule has 0 aliphatic carbocycles. The lowest BCUT2D eigenvalue weighted by Crippen LogP contribution is -1.80. The van der Waals surface area contributed by atoms with Gasteiger partial charge >= 0.3 is 0 Å². The van der Waals surface area contributed by atoms with Crippen LogP contribution < -0.4 is 0 Å². The minimum atomic E-state index is 1.04. The summed E-state index contributed by atoms with van der Waals surface area (Å²) in [5.74, 6) is 6.52. The Kier molecular flexibility index (Phi) is 8.90. The Bertz CT molecular complexity index is 375. The van der Waals surface area contributed by atoms with Crippen LogP contribution in [0.5, 0.6) is 0 Å². The monoisotopic (exact) mass is 256 g/mol. The summed E-state index contributed by atoms with van der Waals surface area (Å²) < 4.78 is 0. The first-order chi connectivity index (χ1) is 9.33. The highest BCUT2D eigenvalue weighted by atomic mass is 14.0. The van der Waals surface area contributed by atoms with Gasteiger partial charge in [0.1, 0.15) is 0 Å². The molecular formula is C19H28. The fourth-order valence-corrected chi connectivity index (χ4v) is 2.15. The molecule has 19 heavy (non-hydrogen) atoms. The largest absolute Gasteiger partial charge is 0.0979 e. The molecule has 0 heteroatoms. The molecule has 1 aromatic carbocycles. The van der Waals surface area contributed by atoms with E-state index in [-0.39, 0.29) is 0 Å². The topological polar surface area (TPSA) is 0 Å². The Morgan fingerprint density at radius 3 is 2.00 bits per heavy atom. The van der Waals surface area contributed by atoms with E-state index in [0.717, 1.165) is 12.0 Å². The van der Waals surface area contributed by atoms with Crippen molar-refractivity contribution in [1.29, 1.82) is 0 Å². The summed E-state index contributed by atoms with van der Waals surface area (Å²) in [5.41, 5.74) is 2.44.